The lowest BCUT2D eigenvalue weighted by Crippen LogP contribution is -2.49. The van der Waals surface area contributed by atoms with Gasteiger partial charge in [-0.1, -0.05) is 17.7 Å². The predicted molar refractivity (Wildman–Crippen MR) is 143 cm³/mol. The second kappa shape index (κ2) is 12.8. The third kappa shape index (κ3) is 8.94. The van der Waals surface area contributed by atoms with Crippen LogP contribution in [-0.2, 0) is 24.3 Å². The number of amides is 3. The first kappa shape index (κ1) is 29.9. The van der Waals surface area contributed by atoms with Crippen molar-refractivity contribution in [1.82, 2.24) is 10.6 Å². The number of halogens is 1. The molecule has 0 saturated heterocycles. The average molecular weight is 553 g/mol. The maximum absolute atomic E-state index is 13.7. The van der Waals surface area contributed by atoms with E-state index < -0.39 is 33.7 Å². The van der Waals surface area contributed by atoms with Crippen molar-refractivity contribution in [3.05, 3.63) is 54.1 Å². The van der Waals surface area contributed by atoms with Gasteiger partial charge in [0.25, 0.3) is 10.0 Å². The quantitative estimate of drug-likeness (QED) is 0.305. The Hall–Kier alpha value is -3.31. The Labute approximate surface area is 222 Å². The smallest absolute Gasteiger partial charge is 0.412 e. The number of sulfonamides is 1. The minimum atomic E-state index is -4.15. The lowest BCUT2D eigenvalue weighted by molar-refractivity contribution is -0.122. The molecule has 0 radical (unpaired) electrons. The van der Waals surface area contributed by atoms with Crippen molar-refractivity contribution in [3.63, 3.8) is 0 Å². The number of carbonyl (C=O) groups excluding carboxylic acids is 3. The molecule has 2 aromatic carbocycles. The van der Waals surface area contributed by atoms with E-state index in [1.807, 2.05) is 6.92 Å². The van der Waals surface area contributed by atoms with Gasteiger partial charge in [0.15, 0.2) is 0 Å². The van der Waals surface area contributed by atoms with Crippen LogP contribution in [0.15, 0.2) is 53.4 Å². The first-order chi connectivity index (χ1) is 17.2. The normalized spacial score (nSPS) is 12.3. The van der Waals surface area contributed by atoms with Crippen molar-refractivity contribution in [2.75, 3.05) is 28.6 Å². The van der Waals surface area contributed by atoms with Crippen LogP contribution in [-0.4, -0.2) is 56.9 Å². The molecular weight excluding hydrogens is 520 g/mol. The summed E-state index contributed by atoms with van der Waals surface area (Å²) in [6.07, 6.45) is -0.654. The summed E-state index contributed by atoms with van der Waals surface area (Å²) in [6.45, 7) is 8.74. The largest absolute Gasteiger partial charge is 0.444 e. The Bertz CT molecular complexity index is 1200. The van der Waals surface area contributed by atoms with Gasteiger partial charge in [0.2, 0.25) is 11.8 Å². The van der Waals surface area contributed by atoms with Gasteiger partial charge < -0.3 is 15.4 Å². The van der Waals surface area contributed by atoms with Crippen molar-refractivity contribution in [2.24, 2.45) is 0 Å². The average Bonchev–Trinajstić information content (AvgIpc) is 2.81. The molecule has 2 rings (SSSR count). The van der Waals surface area contributed by atoms with Gasteiger partial charge in [0.1, 0.15) is 17.5 Å². The van der Waals surface area contributed by atoms with Gasteiger partial charge in [-0.15, -0.1) is 11.6 Å². The van der Waals surface area contributed by atoms with E-state index in [0.717, 1.165) is 9.87 Å². The van der Waals surface area contributed by atoms with E-state index in [-0.39, 0.29) is 35.5 Å². The highest BCUT2D eigenvalue weighted by molar-refractivity contribution is 7.93. The number of ether oxygens (including phenoxy) is 1. The molecule has 0 fully saturated rings. The summed E-state index contributed by atoms with van der Waals surface area (Å²) in [4.78, 5) is 36.3. The van der Waals surface area contributed by atoms with Gasteiger partial charge in [-0.2, -0.15) is 0 Å². The van der Waals surface area contributed by atoms with Gasteiger partial charge in [-0.05, 0) is 71.0 Å². The summed E-state index contributed by atoms with van der Waals surface area (Å²) in [5.74, 6) is -1.15. The highest BCUT2D eigenvalue weighted by atomic mass is 35.5. The van der Waals surface area contributed by atoms with E-state index in [0.29, 0.717) is 5.69 Å². The number of rotatable bonds is 10. The molecule has 0 heterocycles. The highest BCUT2D eigenvalue weighted by Gasteiger charge is 2.33. The fourth-order valence-electron chi connectivity index (χ4n) is 3.20. The van der Waals surface area contributed by atoms with Crippen LogP contribution in [0.3, 0.4) is 0 Å². The minimum absolute atomic E-state index is 0.0167. The summed E-state index contributed by atoms with van der Waals surface area (Å²) in [5.41, 5.74) is 0.803. The number of aryl methyl sites for hydroxylation is 1. The van der Waals surface area contributed by atoms with E-state index >= 15 is 0 Å². The van der Waals surface area contributed by atoms with Crippen LogP contribution in [0, 0.1) is 6.92 Å². The number of alkyl halides is 1. The van der Waals surface area contributed by atoms with Crippen LogP contribution >= 0.6 is 11.6 Å². The molecule has 0 saturated carbocycles. The molecule has 0 aliphatic heterocycles. The van der Waals surface area contributed by atoms with Gasteiger partial charge in [0.05, 0.1) is 10.6 Å². The van der Waals surface area contributed by atoms with Crippen LogP contribution in [0.25, 0.3) is 0 Å². The number of hydrogen-bond donors (Lipinski definition) is 3. The van der Waals surface area contributed by atoms with Crippen molar-refractivity contribution >= 4 is 50.9 Å². The summed E-state index contributed by atoms with van der Waals surface area (Å²) >= 11 is 5.44. The summed E-state index contributed by atoms with van der Waals surface area (Å²) < 4.78 is 33.6. The molecule has 3 amide bonds. The summed E-state index contributed by atoms with van der Waals surface area (Å²) in [6, 6.07) is 11.2. The second-order valence-corrected chi connectivity index (χ2v) is 11.3. The second-order valence-electron chi connectivity index (χ2n) is 9.24. The molecule has 10 nitrogen and oxygen atoms in total. The summed E-state index contributed by atoms with van der Waals surface area (Å²) in [5, 5.41) is 7.74. The Kier molecular flexibility index (Phi) is 10.3. The molecule has 3 N–H and O–H groups in total. The Balaban J connectivity index is 2.32. The first-order valence-corrected chi connectivity index (χ1v) is 13.5. The number of benzene rings is 2. The van der Waals surface area contributed by atoms with E-state index in [2.05, 4.69) is 16.0 Å². The van der Waals surface area contributed by atoms with Crippen LogP contribution in [0.4, 0.5) is 16.2 Å². The zero-order valence-corrected chi connectivity index (χ0v) is 23.1. The molecule has 0 aromatic heterocycles. The lowest BCUT2D eigenvalue weighted by Gasteiger charge is -2.30. The Morgan fingerprint density at radius 1 is 0.973 bits per heavy atom. The van der Waals surface area contributed by atoms with Gasteiger partial charge in [-0.3, -0.25) is 19.2 Å². The van der Waals surface area contributed by atoms with Crippen LogP contribution in [0.1, 0.15) is 33.3 Å². The molecule has 2 aromatic rings. The number of nitrogens with zero attached hydrogens (tertiary/aromatic N) is 1. The van der Waals surface area contributed by atoms with Crippen LogP contribution in [0.2, 0.25) is 0 Å². The zero-order chi connectivity index (χ0) is 27.8. The topological polar surface area (TPSA) is 134 Å². The van der Waals surface area contributed by atoms with Crippen molar-refractivity contribution in [3.8, 4) is 0 Å². The molecule has 1 atom stereocenters. The highest BCUT2D eigenvalue weighted by Crippen LogP contribution is 2.28. The molecule has 0 aliphatic carbocycles. The third-order valence-electron chi connectivity index (χ3n) is 4.94. The molecule has 0 spiro atoms. The molecule has 0 aliphatic rings. The minimum Gasteiger partial charge on any atom is -0.444 e. The maximum Gasteiger partial charge on any atom is 0.412 e. The van der Waals surface area contributed by atoms with Crippen molar-refractivity contribution in [2.45, 2.75) is 51.2 Å². The van der Waals surface area contributed by atoms with E-state index in [1.165, 1.54) is 43.3 Å². The van der Waals surface area contributed by atoms with Gasteiger partial charge in [-0.25, -0.2) is 13.2 Å². The molecular formula is C25H33ClN4O6S. The predicted octanol–water partition coefficient (Wildman–Crippen LogP) is 3.40. The lowest BCUT2D eigenvalue weighted by atomic mass is 10.2. The van der Waals surface area contributed by atoms with E-state index in [9.17, 15) is 22.8 Å². The number of hydrogen-bond acceptors (Lipinski definition) is 6. The Morgan fingerprint density at radius 3 is 2.08 bits per heavy atom. The van der Waals surface area contributed by atoms with E-state index in [4.69, 9.17) is 16.3 Å². The van der Waals surface area contributed by atoms with Crippen LogP contribution in [0.5, 0.6) is 0 Å². The molecule has 0 unspecified atom stereocenters. The first-order valence-electron chi connectivity index (χ1n) is 11.6. The SMILES string of the molecule is Cc1ccc(S(=O)(=O)N(c2ccc(NC(=O)OC(C)(C)C)cc2)[C@@H](C)C(=O)NCCNC(=O)CCl)cc1. The third-order valence-corrected chi connectivity index (χ3v) is 7.10. The molecule has 0 bridgehead atoms. The standard InChI is InChI=1S/C25H33ClN4O6S/c1-17-6-12-21(13-7-17)37(34,35)30(18(2)23(32)28-15-14-27-22(31)16-26)20-10-8-19(9-11-20)29-24(33)36-25(3,4)5/h6-13,18H,14-16H2,1-5H3,(H,27,31)(H,28,32)(H,29,33)/t18-/m0/s1. The van der Waals surface area contributed by atoms with Crippen molar-refractivity contribution in [1.29, 1.82) is 0 Å². The van der Waals surface area contributed by atoms with Gasteiger partial charge in [0, 0.05) is 18.8 Å². The maximum atomic E-state index is 13.7. The molecule has 202 valence electrons. The number of nitrogens with one attached hydrogen (secondary N) is 3. The molecule has 12 heteroatoms. The molecule has 37 heavy (non-hydrogen) atoms. The fourth-order valence-corrected chi connectivity index (χ4v) is 4.91. The zero-order valence-electron chi connectivity index (χ0n) is 21.5. The van der Waals surface area contributed by atoms with Gasteiger partial charge >= 0.3 is 6.09 Å². The fraction of sp³-hybridized carbons (Fsp3) is 0.400. The van der Waals surface area contributed by atoms with Crippen molar-refractivity contribution < 1.29 is 27.5 Å². The Morgan fingerprint density at radius 2 is 1.54 bits per heavy atom. The van der Waals surface area contributed by atoms with Crippen LogP contribution < -0.4 is 20.3 Å². The number of anilines is 2. The number of carbonyl (C=O) groups is 3. The monoisotopic (exact) mass is 552 g/mol. The van der Waals surface area contributed by atoms with E-state index in [1.54, 1.807) is 32.9 Å². The summed E-state index contributed by atoms with van der Waals surface area (Å²) in [7, 11) is -4.15.